The summed E-state index contributed by atoms with van der Waals surface area (Å²) in [7, 11) is 0. The van der Waals surface area contributed by atoms with Crippen molar-refractivity contribution in [3.05, 3.63) is 36.0 Å². The Morgan fingerprint density at radius 3 is 2.90 bits per heavy atom. The third-order valence-electron chi connectivity index (χ3n) is 3.46. The number of nitrogens with two attached hydrogens (primary N) is 1. The summed E-state index contributed by atoms with van der Waals surface area (Å²) in [6.07, 6.45) is 2.35. The van der Waals surface area contributed by atoms with Crippen LogP contribution in [-0.4, -0.2) is 23.5 Å². The summed E-state index contributed by atoms with van der Waals surface area (Å²) in [5.74, 6) is -0.233. The van der Waals surface area contributed by atoms with Crippen molar-refractivity contribution in [1.29, 1.82) is 5.26 Å². The molecule has 0 aliphatic carbocycles. The van der Waals surface area contributed by atoms with Gasteiger partial charge in [-0.05, 0) is 31.9 Å². The van der Waals surface area contributed by atoms with Crippen LogP contribution in [-0.2, 0) is 11.2 Å². The van der Waals surface area contributed by atoms with E-state index in [1.165, 1.54) is 0 Å². The van der Waals surface area contributed by atoms with Crippen LogP contribution in [0.2, 0.25) is 0 Å². The highest BCUT2D eigenvalue weighted by Gasteiger charge is 2.21. The van der Waals surface area contributed by atoms with E-state index >= 15 is 0 Å². The second-order valence-electron chi connectivity index (χ2n) is 5.88. The lowest BCUT2D eigenvalue weighted by molar-refractivity contribution is -0.122. The van der Waals surface area contributed by atoms with E-state index in [0.717, 1.165) is 16.5 Å². The molecule has 1 unspecified atom stereocenters. The minimum Gasteiger partial charge on any atom is -0.361 e. The molecular weight excluding hydrogens is 264 g/mol. The summed E-state index contributed by atoms with van der Waals surface area (Å²) in [6, 6.07) is 9.43. The van der Waals surface area contributed by atoms with Gasteiger partial charge in [-0.15, -0.1) is 0 Å². The molecule has 5 heteroatoms. The molecule has 4 N–H and O–H groups in total. The van der Waals surface area contributed by atoms with Gasteiger partial charge in [0.05, 0.1) is 17.5 Å². The highest BCUT2D eigenvalue weighted by molar-refractivity contribution is 5.86. The van der Waals surface area contributed by atoms with E-state index in [0.29, 0.717) is 13.0 Å². The van der Waals surface area contributed by atoms with Gasteiger partial charge in [0.15, 0.2) is 0 Å². The third-order valence-corrected chi connectivity index (χ3v) is 3.46. The molecule has 1 atom stereocenters. The van der Waals surface area contributed by atoms with Crippen molar-refractivity contribution in [2.75, 3.05) is 6.54 Å². The number of fused-ring (bicyclic) bond motifs is 1. The lowest BCUT2D eigenvalue weighted by Crippen LogP contribution is -2.44. The van der Waals surface area contributed by atoms with Crippen molar-refractivity contribution < 1.29 is 4.79 Å². The number of carbonyl (C=O) groups excluding carboxylic acids is 1. The second kappa shape index (κ2) is 5.98. The molecule has 0 saturated heterocycles. The van der Waals surface area contributed by atoms with Gasteiger partial charge in [-0.3, -0.25) is 4.79 Å². The van der Waals surface area contributed by atoms with Crippen molar-refractivity contribution >= 4 is 16.8 Å². The van der Waals surface area contributed by atoms with Crippen LogP contribution in [0.5, 0.6) is 0 Å². The number of nitriles is 1. The molecule has 0 spiro atoms. The molecule has 1 heterocycles. The first-order valence-corrected chi connectivity index (χ1v) is 6.92. The molecule has 110 valence electrons. The van der Waals surface area contributed by atoms with Crippen molar-refractivity contribution in [2.24, 2.45) is 11.1 Å². The van der Waals surface area contributed by atoms with Gasteiger partial charge >= 0.3 is 0 Å². The maximum Gasteiger partial charge on any atom is 0.237 e. The Bertz CT molecular complexity index is 681. The van der Waals surface area contributed by atoms with Crippen molar-refractivity contribution in [2.45, 2.75) is 26.3 Å². The van der Waals surface area contributed by atoms with E-state index in [2.05, 4.69) is 16.4 Å². The maximum atomic E-state index is 12.0. The number of benzene rings is 1. The number of nitrogens with zero attached hydrogens (tertiary/aromatic N) is 1. The first kappa shape index (κ1) is 15.1. The molecule has 1 amide bonds. The van der Waals surface area contributed by atoms with Crippen molar-refractivity contribution in [3.8, 4) is 6.07 Å². The van der Waals surface area contributed by atoms with Crippen LogP contribution < -0.4 is 11.1 Å². The molecule has 1 aromatic heterocycles. The second-order valence-corrected chi connectivity index (χ2v) is 5.88. The molecule has 2 aromatic rings. The van der Waals surface area contributed by atoms with E-state index in [4.69, 9.17) is 11.0 Å². The van der Waals surface area contributed by atoms with Crippen LogP contribution in [0.15, 0.2) is 30.5 Å². The Kier molecular flexibility index (Phi) is 4.29. The van der Waals surface area contributed by atoms with Crippen molar-refractivity contribution in [3.63, 3.8) is 0 Å². The number of carbonyl (C=O) groups is 1. The van der Waals surface area contributed by atoms with Crippen LogP contribution in [0.4, 0.5) is 0 Å². The number of amides is 1. The smallest absolute Gasteiger partial charge is 0.237 e. The van der Waals surface area contributed by atoms with Crippen LogP contribution in [0.25, 0.3) is 10.9 Å². The van der Waals surface area contributed by atoms with Crippen LogP contribution in [0.3, 0.4) is 0 Å². The maximum absolute atomic E-state index is 12.0. The molecule has 2 rings (SSSR count). The Labute approximate surface area is 124 Å². The van der Waals surface area contributed by atoms with Gasteiger partial charge in [-0.2, -0.15) is 5.26 Å². The van der Waals surface area contributed by atoms with Crippen LogP contribution in [0, 0.1) is 16.7 Å². The highest BCUT2D eigenvalue weighted by Crippen LogP contribution is 2.18. The fourth-order valence-electron chi connectivity index (χ4n) is 2.11. The van der Waals surface area contributed by atoms with Crippen LogP contribution in [0.1, 0.15) is 19.4 Å². The van der Waals surface area contributed by atoms with Crippen molar-refractivity contribution in [1.82, 2.24) is 10.3 Å². The van der Waals surface area contributed by atoms with E-state index in [9.17, 15) is 4.79 Å². The number of rotatable bonds is 5. The topological polar surface area (TPSA) is 94.7 Å². The lowest BCUT2D eigenvalue weighted by atomic mass is 9.95. The minimum absolute atomic E-state index is 0.233. The SMILES string of the molecule is CC(C)(C#N)CNC(=O)C(N)Cc1c[nH]c2ccccc12. The lowest BCUT2D eigenvalue weighted by Gasteiger charge is -2.18. The Balaban J connectivity index is 2.00. The number of para-hydroxylation sites is 1. The van der Waals surface area contributed by atoms with E-state index < -0.39 is 11.5 Å². The van der Waals surface area contributed by atoms with Gasteiger partial charge in [0.25, 0.3) is 0 Å². The number of nitrogens with one attached hydrogen (secondary N) is 2. The molecule has 0 fully saturated rings. The number of H-pyrrole nitrogens is 1. The zero-order valence-electron chi connectivity index (χ0n) is 12.3. The van der Waals surface area contributed by atoms with E-state index in [1.807, 2.05) is 30.5 Å². The Morgan fingerprint density at radius 1 is 1.48 bits per heavy atom. The number of aromatic nitrogens is 1. The summed E-state index contributed by atoms with van der Waals surface area (Å²) in [5, 5.41) is 12.8. The number of aromatic amines is 1. The first-order valence-electron chi connectivity index (χ1n) is 6.92. The molecule has 0 aliphatic rings. The van der Waals surface area contributed by atoms with Gasteiger partial charge in [0, 0.05) is 23.6 Å². The zero-order valence-corrected chi connectivity index (χ0v) is 12.3. The fourth-order valence-corrected chi connectivity index (χ4v) is 2.11. The zero-order chi connectivity index (χ0) is 15.5. The van der Waals surface area contributed by atoms with Gasteiger partial charge in [-0.1, -0.05) is 18.2 Å². The number of hydrogen-bond acceptors (Lipinski definition) is 3. The molecule has 0 aliphatic heterocycles. The van der Waals surface area contributed by atoms with E-state index in [-0.39, 0.29) is 5.91 Å². The Morgan fingerprint density at radius 2 is 2.19 bits per heavy atom. The third kappa shape index (κ3) is 3.61. The average Bonchev–Trinajstić information content (AvgIpc) is 2.88. The molecule has 21 heavy (non-hydrogen) atoms. The predicted octanol–water partition coefficient (Wildman–Crippen LogP) is 1.70. The Hall–Kier alpha value is -2.32. The summed E-state index contributed by atoms with van der Waals surface area (Å²) in [5.41, 5.74) is 7.43. The summed E-state index contributed by atoms with van der Waals surface area (Å²) < 4.78 is 0. The molecular formula is C16H20N4O. The minimum atomic E-state index is -0.626. The highest BCUT2D eigenvalue weighted by atomic mass is 16.2. The number of hydrogen-bond donors (Lipinski definition) is 3. The monoisotopic (exact) mass is 284 g/mol. The van der Waals surface area contributed by atoms with E-state index in [1.54, 1.807) is 13.8 Å². The van der Waals surface area contributed by atoms with Gasteiger partial charge < -0.3 is 16.0 Å². The molecule has 0 saturated carbocycles. The molecule has 0 radical (unpaired) electrons. The predicted molar refractivity (Wildman–Crippen MR) is 82.4 cm³/mol. The normalized spacial score (nSPS) is 12.9. The summed E-state index contributed by atoms with van der Waals surface area (Å²) in [6.45, 7) is 3.85. The van der Waals surface area contributed by atoms with Crippen LogP contribution >= 0.6 is 0 Å². The summed E-state index contributed by atoms with van der Waals surface area (Å²) in [4.78, 5) is 15.2. The molecule has 1 aromatic carbocycles. The van der Waals surface area contributed by atoms with Gasteiger partial charge in [-0.25, -0.2) is 0 Å². The quantitative estimate of drug-likeness (QED) is 0.780. The molecule has 0 bridgehead atoms. The fraction of sp³-hybridized carbons (Fsp3) is 0.375. The molecule has 5 nitrogen and oxygen atoms in total. The standard InChI is InChI=1S/C16H20N4O/c1-16(2,9-17)10-20-15(21)13(18)7-11-8-19-14-6-4-3-5-12(11)14/h3-6,8,13,19H,7,10,18H2,1-2H3,(H,20,21). The van der Waals surface area contributed by atoms with Gasteiger partial charge in [0.1, 0.15) is 0 Å². The summed E-state index contributed by atoms with van der Waals surface area (Å²) >= 11 is 0. The largest absolute Gasteiger partial charge is 0.361 e. The van der Waals surface area contributed by atoms with Gasteiger partial charge in [0.2, 0.25) is 5.91 Å². The first-order chi connectivity index (χ1) is 9.93. The average molecular weight is 284 g/mol.